The molecule has 3 aliphatic rings. The topological polar surface area (TPSA) is 45.6 Å². The first kappa shape index (κ1) is 24.4. The first-order chi connectivity index (χ1) is 15.7. The Morgan fingerprint density at radius 1 is 1.12 bits per heavy atom. The SMILES string of the molecule is C=C[C@H]1C[N@]2CC[C@H]1C[C@@H]2[C@@H](O)c1ccnc2ccc(O[Si](C(C)C)(C(C)C)C(C)C)cc12. The molecule has 3 saturated heterocycles. The fraction of sp³-hybridized carbons (Fsp3) is 0.607. The number of pyridine rings is 1. The van der Waals surface area contributed by atoms with E-state index >= 15 is 0 Å². The number of hydrogen-bond acceptors (Lipinski definition) is 4. The number of nitrogens with zero attached hydrogens (tertiary/aromatic N) is 2. The lowest BCUT2D eigenvalue weighted by Gasteiger charge is -2.50. The second kappa shape index (κ2) is 9.51. The van der Waals surface area contributed by atoms with Crippen molar-refractivity contribution in [2.75, 3.05) is 13.1 Å². The van der Waals surface area contributed by atoms with Gasteiger partial charge in [0.25, 0.3) is 8.32 Å². The van der Waals surface area contributed by atoms with Crippen molar-refractivity contribution in [2.45, 2.75) is 83.2 Å². The van der Waals surface area contributed by atoms with Gasteiger partial charge in [0.15, 0.2) is 0 Å². The van der Waals surface area contributed by atoms with Crippen LogP contribution >= 0.6 is 0 Å². The summed E-state index contributed by atoms with van der Waals surface area (Å²) in [5, 5.41) is 12.6. The van der Waals surface area contributed by atoms with Crippen molar-refractivity contribution >= 4 is 19.2 Å². The highest BCUT2D eigenvalue weighted by atomic mass is 28.4. The normalized spacial score (nSPS) is 26.4. The summed E-state index contributed by atoms with van der Waals surface area (Å²) in [5.74, 6) is 2.11. The number of aromatic nitrogens is 1. The molecule has 2 aromatic rings. The maximum absolute atomic E-state index is 11.6. The minimum Gasteiger partial charge on any atom is -0.543 e. The van der Waals surface area contributed by atoms with E-state index < -0.39 is 14.4 Å². The van der Waals surface area contributed by atoms with Crippen molar-refractivity contribution in [3.8, 4) is 5.75 Å². The van der Waals surface area contributed by atoms with Gasteiger partial charge in [-0.3, -0.25) is 9.88 Å². The van der Waals surface area contributed by atoms with Gasteiger partial charge in [-0.2, -0.15) is 0 Å². The summed E-state index contributed by atoms with van der Waals surface area (Å²) in [6.45, 7) is 20.0. The second-order valence-corrected chi connectivity index (χ2v) is 16.6. The first-order valence-corrected chi connectivity index (χ1v) is 14.9. The molecule has 3 aliphatic heterocycles. The van der Waals surface area contributed by atoms with E-state index in [1.165, 1.54) is 6.42 Å². The molecule has 33 heavy (non-hydrogen) atoms. The van der Waals surface area contributed by atoms with Crippen LogP contribution in [0.25, 0.3) is 10.9 Å². The van der Waals surface area contributed by atoms with E-state index in [9.17, 15) is 5.11 Å². The number of aliphatic hydroxyl groups is 1. The molecule has 3 fully saturated rings. The van der Waals surface area contributed by atoms with Crippen molar-refractivity contribution < 1.29 is 9.53 Å². The van der Waals surface area contributed by atoms with E-state index in [1.807, 2.05) is 12.3 Å². The molecule has 0 aliphatic carbocycles. The molecule has 0 unspecified atom stereocenters. The van der Waals surface area contributed by atoms with Crippen LogP contribution < -0.4 is 4.43 Å². The predicted octanol–water partition coefficient (Wildman–Crippen LogP) is 6.72. The lowest BCUT2D eigenvalue weighted by molar-refractivity contribution is -0.0444. The summed E-state index contributed by atoms with van der Waals surface area (Å²) in [6.07, 6.45) is 5.66. The van der Waals surface area contributed by atoms with Crippen molar-refractivity contribution in [3.63, 3.8) is 0 Å². The molecule has 5 atom stereocenters. The largest absolute Gasteiger partial charge is 0.543 e. The molecule has 4 heterocycles. The summed E-state index contributed by atoms with van der Waals surface area (Å²) in [5.41, 5.74) is 3.43. The van der Waals surface area contributed by atoms with E-state index in [-0.39, 0.29) is 6.04 Å². The average Bonchev–Trinajstić information content (AvgIpc) is 2.81. The van der Waals surface area contributed by atoms with Crippen LogP contribution in [0.15, 0.2) is 43.1 Å². The van der Waals surface area contributed by atoms with Crippen LogP contribution in [0, 0.1) is 11.8 Å². The molecule has 4 nitrogen and oxygen atoms in total. The highest BCUT2D eigenvalue weighted by Crippen LogP contribution is 2.44. The van der Waals surface area contributed by atoms with Crippen molar-refractivity contribution in [3.05, 3.63) is 48.7 Å². The van der Waals surface area contributed by atoms with E-state index in [2.05, 4.69) is 82.3 Å². The van der Waals surface area contributed by atoms with Crippen LogP contribution in [0.3, 0.4) is 0 Å². The number of aliphatic hydroxyl groups excluding tert-OH is 1. The van der Waals surface area contributed by atoms with Crippen LogP contribution in [0.5, 0.6) is 5.75 Å². The van der Waals surface area contributed by atoms with Crippen molar-refractivity contribution in [1.82, 2.24) is 9.88 Å². The lowest BCUT2D eigenvalue weighted by Crippen LogP contribution is -2.54. The maximum Gasteiger partial charge on any atom is 0.258 e. The van der Waals surface area contributed by atoms with Gasteiger partial charge in [-0.25, -0.2) is 0 Å². The molecule has 2 bridgehead atoms. The molecular weight excluding hydrogens is 424 g/mol. The Morgan fingerprint density at radius 2 is 1.82 bits per heavy atom. The van der Waals surface area contributed by atoms with Crippen molar-refractivity contribution in [1.29, 1.82) is 0 Å². The van der Waals surface area contributed by atoms with Gasteiger partial charge in [0.2, 0.25) is 0 Å². The van der Waals surface area contributed by atoms with Gasteiger partial charge in [0, 0.05) is 24.2 Å². The van der Waals surface area contributed by atoms with Crippen LogP contribution in [0.4, 0.5) is 0 Å². The number of rotatable bonds is 8. The van der Waals surface area contributed by atoms with Crippen LogP contribution in [-0.4, -0.2) is 42.4 Å². The lowest BCUT2D eigenvalue weighted by atomic mass is 9.73. The zero-order valence-electron chi connectivity index (χ0n) is 21.3. The third-order valence-electron chi connectivity index (χ3n) is 8.59. The van der Waals surface area contributed by atoms with Gasteiger partial charge in [-0.1, -0.05) is 47.6 Å². The fourth-order valence-electron chi connectivity index (χ4n) is 6.94. The Kier molecular flexibility index (Phi) is 7.04. The molecule has 1 aromatic carbocycles. The van der Waals surface area contributed by atoms with Crippen LogP contribution in [0.1, 0.15) is 66.1 Å². The minimum absolute atomic E-state index is 0.158. The van der Waals surface area contributed by atoms with Crippen LogP contribution in [0.2, 0.25) is 16.6 Å². The van der Waals surface area contributed by atoms with Gasteiger partial charge in [-0.05, 0) is 77.7 Å². The summed E-state index contributed by atoms with van der Waals surface area (Å²) < 4.78 is 6.96. The smallest absolute Gasteiger partial charge is 0.258 e. The predicted molar refractivity (Wildman–Crippen MR) is 140 cm³/mol. The molecule has 5 rings (SSSR count). The maximum atomic E-state index is 11.6. The molecule has 1 aromatic heterocycles. The molecule has 180 valence electrons. The fourth-order valence-corrected chi connectivity index (χ4v) is 12.2. The zero-order chi connectivity index (χ0) is 23.9. The number of piperidine rings is 3. The molecule has 0 spiro atoms. The molecule has 0 saturated carbocycles. The van der Waals surface area contributed by atoms with Gasteiger partial charge in [0.05, 0.1) is 11.6 Å². The highest BCUT2D eigenvalue weighted by molar-refractivity contribution is 6.78. The average molecular weight is 467 g/mol. The summed E-state index contributed by atoms with van der Waals surface area (Å²) in [7, 11) is -2.06. The summed E-state index contributed by atoms with van der Waals surface area (Å²) in [6, 6.07) is 8.43. The molecule has 0 amide bonds. The monoisotopic (exact) mass is 466 g/mol. The van der Waals surface area contributed by atoms with Crippen molar-refractivity contribution in [2.24, 2.45) is 11.8 Å². The number of benzene rings is 1. The van der Waals surface area contributed by atoms with E-state index in [0.29, 0.717) is 28.5 Å². The van der Waals surface area contributed by atoms with Gasteiger partial charge in [0.1, 0.15) is 5.75 Å². The molecule has 5 heteroatoms. The molecular formula is C28H42N2O2Si. The number of hydrogen-bond donors (Lipinski definition) is 1. The van der Waals surface area contributed by atoms with Gasteiger partial charge >= 0.3 is 0 Å². The third-order valence-corrected chi connectivity index (χ3v) is 14.6. The summed E-state index contributed by atoms with van der Waals surface area (Å²) >= 11 is 0. The van der Waals surface area contributed by atoms with E-state index in [1.54, 1.807) is 0 Å². The Hall–Kier alpha value is -1.69. The zero-order valence-corrected chi connectivity index (χ0v) is 22.3. The third kappa shape index (κ3) is 4.28. The molecule has 1 N–H and O–H groups in total. The Morgan fingerprint density at radius 3 is 2.39 bits per heavy atom. The molecule has 0 radical (unpaired) electrons. The van der Waals surface area contributed by atoms with E-state index in [4.69, 9.17) is 4.43 Å². The van der Waals surface area contributed by atoms with Gasteiger partial charge < -0.3 is 9.53 Å². The van der Waals surface area contributed by atoms with Crippen LogP contribution in [-0.2, 0) is 0 Å². The minimum atomic E-state index is -2.06. The Bertz CT molecular complexity index is 967. The standard InChI is InChI=1S/C28H42N2O2Si/c1-8-21-17-30-14-12-22(21)15-27(30)28(31)24-11-13-29-26-10-9-23(16-25(24)26)32-33(18(2)3,19(4)5)20(6)7/h8-11,13,16,18-22,27-28,31H,1,12,14-15,17H2,2-7H3/t21-,22-,27+,28-/m0/s1. The number of fused-ring (bicyclic) bond motifs is 4. The Labute approximate surface area is 201 Å². The Balaban J connectivity index is 1.69. The second-order valence-electron chi connectivity index (χ2n) is 11.2. The summed E-state index contributed by atoms with van der Waals surface area (Å²) in [4.78, 5) is 7.07. The quantitative estimate of drug-likeness (QED) is 0.346. The van der Waals surface area contributed by atoms with E-state index in [0.717, 1.165) is 41.7 Å². The highest BCUT2D eigenvalue weighted by Gasteiger charge is 2.47. The van der Waals surface area contributed by atoms with Gasteiger partial charge in [-0.15, -0.1) is 6.58 Å². The first-order valence-electron chi connectivity index (χ1n) is 12.8.